The van der Waals surface area contributed by atoms with Crippen LogP contribution in [0.25, 0.3) is 0 Å². The van der Waals surface area contributed by atoms with Crippen LogP contribution in [0.15, 0.2) is 48.5 Å². The molecule has 1 fully saturated rings. The van der Waals surface area contributed by atoms with Gasteiger partial charge in [0, 0.05) is 17.9 Å². The van der Waals surface area contributed by atoms with Crippen molar-refractivity contribution < 1.29 is 14.0 Å². The van der Waals surface area contributed by atoms with Gasteiger partial charge in [-0.05, 0) is 29.3 Å². The fourth-order valence-electron chi connectivity index (χ4n) is 3.15. The second kappa shape index (κ2) is 5.94. The van der Waals surface area contributed by atoms with E-state index in [4.69, 9.17) is 0 Å². The van der Waals surface area contributed by atoms with E-state index in [0.717, 1.165) is 11.1 Å². The summed E-state index contributed by atoms with van der Waals surface area (Å²) in [4.78, 5) is 26.8. The summed E-state index contributed by atoms with van der Waals surface area (Å²) in [5.74, 6) is 0.0264. The molecular formula is C18H15FN2O2S. The van der Waals surface area contributed by atoms with Crippen LogP contribution in [0.1, 0.15) is 26.9 Å². The normalized spacial score (nSPS) is 21.5. The molecule has 2 aromatic rings. The minimum absolute atomic E-state index is 0.0738. The highest BCUT2D eigenvalue weighted by Crippen LogP contribution is 2.47. The summed E-state index contributed by atoms with van der Waals surface area (Å²) in [5.41, 5.74) is 2.50. The largest absolute Gasteiger partial charge is 0.350 e. The highest BCUT2D eigenvalue weighted by atomic mass is 32.2. The Balaban J connectivity index is 1.47. The molecular weight excluding hydrogens is 327 g/mol. The maximum Gasteiger partial charge on any atom is 0.256 e. The van der Waals surface area contributed by atoms with Gasteiger partial charge in [-0.1, -0.05) is 30.3 Å². The van der Waals surface area contributed by atoms with Gasteiger partial charge in [-0.2, -0.15) is 0 Å². The molecule has 0 radical (unpaired) electrons. The quantitative estimate of drug-likeness (QED) is 0.933. The van der Waals surface area contributed by atoms with Gasteiger partial charge >= 0.3 is 0 Å². The van der Waals surface area contributed by atoms with Crippen molar-refractivity contribution >= 4 is 23.6 Å². The molecule has 122 valence electrons. The van der Waals surface area contributed by atoms with Gasteiger partial charge < -0.3 is 10.2 Å². The lowest BCUT2D eigenvalue weighted by atomic mass is 10.1. The topological polar surface area (TPSA) is 49.4 Å². The van der Waals surface area contributed by atoms with Crippen molar-refractivity contribution in [1.82, 2.24) is 10.2 Å². The van der Waals surface area contributed by atoms with Crippen LogP contribution >= 0.6 is 11.8 Å². The van der Waals surface area contributed by atoms with Crippen molar-refractivity contribution in [2.75, 3.05) is 5.75 Å². The van der Waals surface area contributed by atoms with E-state index in [0.29, 0.717) is 17.9 Å². The van der Waals surface area contributed by atoms with Crippen LogP contribution in [0.5, 0.6) is 0 Å². The highest BCUT2D eigenvalue weighted by molar-refractivity contribution is 7.99. The summed E-state index contributed by atoms with van der Waals surface area (Å²) in [6.07, 6.45) is 0. The van der Waals surface area contributed by atoms with Crippen LogP contribution in [0.4, 0.5) is 4.39 Å². The van der Waals surface area contributed by atoms with Crippen LogP contribution in [0.3, 0.4) is 0 Å². The summed E-state index contributed by atoms with van der Waals surface area (Å²) in [5, 5.41) is 2.78. The molecule has 6 heteroatoms. The van der Waals surface area contributed by atoms with Crippen molar-refractivity contribution in [3.05, 3.63) is 71.0 Å². The first-order valence-electron chi connectivity index (χ1n) is 7.70. The summed E-state index contributed by atoms with van der Waals surface area (Å²) in [6.45, 7) is 0.319. The Kier molecular flexibility index (Phi) is 3.76. The average molecular weight is 342 g/mol. The second-order valence-electron chi connectivity index (χ2n) is 5.85. The molecule has 1 saturated heterocycles. The van der Waals surface area contributed by atoms with Crippen LogP contribution in [0, 0.1) is 5.82 Å². The molecule has 0 aliphatic carbocycles. The SMILES string of the molecule is O=C(NCc1ccc(F)cc1)[C@@H]1CSC2c3ccccc3C(=O)N21. The van der Waals surface area contributed by atoms with Gasteiger partial charge in [-0.25, -0.2) is 4.39 Å². The lowest BCUT2D eigenvalue weighted by Gasteiger charge is -2.22. The number of hydrogen-bond acceptors (Lipinski definition) is 3. The minimum atomic E-state index is -0.472. The zero-order chi connectivity index (χ0) is 16.7. The molecule has 24 heavy (non-hydrogen) atoms. The van der Waals surface area contributed by atoms with Gasteiger partial charge in [0.1, 0.15) is 17.2 Å². The Hall–Kier alpha value is -2.34. The van der Waals surface area contributed by atoms with E-state index in [2.05, 4.69) is 5.32 Å². The lowest BCUT2D eigenvalue weighted by molar-refractivity contribution is -0.124. The maximum atomic E-state index is 12.9. The number of amides is 2. The Labute approximate surface area is 143 Å². The van der Waals surface area contributed by atoms with Crippen molar-refractivity contribution in [1.29, 1.82) is 0 Å². The standard InChI is InChI=1S/C18H15FN2O2S/c19-12-7-5-11(6-8-12)9-20-16(22)15-10-24-18-14-4-2-1-3-13(14)17(23)21(15)18/h1-8,15,18H,9-10H2,(H,20,22)/t15-,18?/m0/s1. The predicted molar refractivity (Wildman–Crippen MR) is 89.8 cm³/mol. The van der Waals surface area contributed by atoms with Crippen LogP contribution in [0.2, 0.25) is 0 Å². The number of carbonyl (C=O) groups excluding carboxylic acids is 2. The summed E-state index contributed by atoms with van der Waals surface area (Å²) >= 11 is 1.61. The lowest BCUT2D eigenvalue weighted by Crippen LogP contribution is -2.45. The molecule has 0 spiro atoms. The third kappa shape index (κ3) is 2.47. The highest BCUT2D eigenvalue weighted by Gasteiger charge is 2.48. The molecule has 2 amide bonds. The van der Waals surface area contributed by atoms with Crippen LogP contribution < -0.4 is 5.32 Å². The van der Waals surface area contributed by atoms with Crippen molar-refractivity contribution in [2.24, 2.45) is 0 Å². The van der Waals surface area contributed by atoms with Crippen LogP contribution in [-0.2, 0) is 11.3 Å². The van der Waals surface area contributed by atoms with E-state index >= 15 is 0 Å². The molecule has 1 N–H and O–H groups in total. The number of thioether (sulfide) groups is 1. The van der Waals surface area contributed by atoms with E-state index in [1.807, 2.05) is 24.3 Å². The number of halogens is 1. The molecule has 2 heterocycles. The van der Waals surface area contributed by atoms with Gasteiger partial charge in [-0.3, -0.25) is 9.59 Å². The summed E-state index contributed by atoms with van der Waals surface area (Å²) < 4.78 is 12.9. The van der Waals surface area contributed by atoms with Gasteiger partial charge in [0.05, 0.1) is 0 Å². The zero-order valence-corrected chi connectivity index (χ0v) is 13.6. The smallest absolute Gasteiger partial charge is 0.256 e. The number of fused-ring (bicyclic) bond motifs is 3. The van der Waals surface area contributed by atoms with E-state index in [9.17, 15) is 14.0 Å². The van der Waals surface area contributed by atoms with Crippen molar-refractivity contribution in [2.45, 2.75) is 18.0 Å². The molecule has 4 rings (SSSR count). The molecule has 0 saturated carbocycles. The van der Waals surface area contributed by atoms with Gasteiger partial charge in [0.25, 0.3) is 5.91 Å². The fourth-order valence-corrected chi connectivity index (χ4v) is 4.62. The molecule has 2 atom stereocenters. The van der Waals surface area contributed by atoms with E-state index in [1.54, 1.807) is 28.8 Å². The Morgan fingerprint density at radius 2 is 1.96 bits per heavy atom. The van der Waals surface area contributed by atoms with Gasteiger partial charge in [-0.15, -0.1) is 11.8 Å². The third-order valence-corrected chi connectivity index (χ3v) is 5.68. The monoisotopic (exact) mass is 342 g/mol. The van der Waals surface area contributed by atoms with E-state index in [-0.39, 0.29) is 23.0 Å². The van der Waals surface area contributed by atoms with Crippen molar-refractivity contribution in [3.63, 3.8) is 0 Å². The zero-order valence-electron chi connectivity index (χ0n) is 12.7. The first-order chi connectivity index (χ1) is 11.6. The molecule has 0 aromatic heterocycles. The predicted octanol–water partition coefficient (Wildman–Crippen LogP) is 2.71. The summed E-state index contributed by atoms with van der Waals surface area (Å²) in [6, 6.07) is 13.0. The number of nitrogens with one attached hydrogen (secondary N) is 1. The first-order valence-corrected chi connectivity index (χ1v) is 8.75. The number of rotatable bonds is 3. The number of carbonyl (C=O) groups is 2. The third-order valence-electron chi connectivity index (χ3n) is 4.37. The van der Waals surface area contributed by atoms with Gasteiger partial charge in [0.15, 0.2) is 0 Å². The maximum absolute atomic E-state index is 12.9. The Morgan fingerprint density at radius 3 is 2.75 bits per heavy atom. The molecule has 1 unspecified atom stereocenters. The first kappa shape index (κ1) is 15.2. The van der Waals surface area contributed by atoms with E-state index < -0.39 is 6.04 Å². The molecule has 2 aliphatic rings. The number of hydrogen-bond donors (Lipinski definition) is 1. The number of nitrogens with zero attached hydrogens (tertiary/aromatic N) is 1. The Morgan fingerprint density at radius 1 is 1.21 bits per heavy atom. The van der Waals surface area contributed by atoms with Crippen LogP contribution in [-0.4, -0.2) is 28.5 Å². The summed E-state index contributed by atoms with van der Waals surface area (Å²) in [7, 11) is 0. The second-order valence-corrected chi connectivity index (χ2v) is 6.96. The van der Waals surface area contributed by atoms with Crippen molar-refractivity contribution in [3.8, 4) is 0 Å². The fraction of sp³-hybridized carbons (Fsp3) is 0.222. The minimum Gasteiger partial charge on any atom is -0.350 e. The molecule has 2 aromatic carbocycles. The average Bonchev–Trinajstić information content (AvgIpc) is 3.15. The van der Waals surface area contributed by atoms with Gasteiger partial charge in [0.2, 0.25) is 5.91 Å². The van der Waals surface area contributed by atoms with E-state index in [1.165, 1.54) is 12.1 Å². The molecule has 2 aliphatic heterocycles. The molecule has 4 nitrogen and oxygen atoms in total. The molecule has 0 bridgehead atoms. The Bertz CT molecular complexity index is 809. The number of benzene rings is 2.